The highest BCUT2D eigenvalue weighted by Gasteiger charge is 2.20. The van der Waals surface area contributed by atoms with Crippen molar-refractivity contribution in [3.63, 3.8) is 0 Å². The van der Waals surface area contributed by atoms with E-state index in [1.807, 2.05) is 17.5 Å². The lowest BCUT2D eigenvalue weighted by molar-refractivity contribution is 0.589. The Labute approximate surface area is 225 Å². The second-order valence-electron chi connectivity index (χ2n) is 8.34. The predicted octanol–water partition coefficient (Wildman–Crippen LogP) is 4.76. The van der Waals surface area contributed by atoms with Crippen molar-refractivity contribution in [2.75, 3.05) is 36.4 Å². The first kappa shape index (κ1) is 23.8. The fraction of sp³-hybridized carbons (Fsp3) is 0.160. The molecule has 5 aromatic rings. The van der Waals surface area contributed by atoms with Gasteiger partial charge in [0, 0.05) is 55.3 Å². The Kier molecular flexibility index (Phi) is 6.47. The van der Waals surface area contributed by atoms with E-state index >= 15 is 0 Å². The van der Waals surface area contributed by atoms with E-state index in [2.05, 4.69) is 47.7 Å². The molecule has 0 radical (unpaired) electrons. The maximum atomic E-state index is 13.5. The van der Waals surface area contributed by atoms with Gasteiger partial charge in [-0.25, -0.2) is 15.0 Å². The van der Waals surface area contributed by atoms with Crippen LogP contribution in [-0.4, -0.2) is 50.9 Å². The number of para-hydroxylation sites is 1. The minimum Gasteiger partial charge on any atom is -0.369 e. The van der Waals surface area contributed by atoms with Crippen LogP contribution in [0.1, 0.15) is 0 Å². The monoisotopic (exact) mass is 550 g/mol. The Morgan fingerprint density at radius 2 is 1.76 bits per heavy atom. The van der Waals surface area contributed by atoms with Gasteiger partial charge in [0.05, 0.1) is 15.4 Å². The normalized spacial score (nSPS) is 13.7. The minimum atomic E-state index is -0.433. The van der Waals surface area contributed by atoms with Crippen LogP contribution in [0.15, 0.2) is 65.0 Å². The Hall–Kier alpha value is -3.57. The van der Waals surface area contributed by atoms with E-state index in [1.165, 1.54) is 27.9 Å². The highest BCUT2D eigenvalue weighted by Crippen LogP contribution is 2.31. The van der Waals surface area contributed by atoms with E-state index in [1.54, 1.807) is 24.4 Å². The molecule has 12 heteroatoms. The highest BCUT2D eigenvalue weighted by molar-refractivity contribution is 7.13. The lowest BCUT2D eigenvalue weighted by atomic mass is 10.2. The number of hydrogen-bond acceptors (Lipinski definition) is 9. The summed E-state index contributed by atoms with van der Waals surface area (Å²) < 4.78 is 1.19. The fourth-order valence-corrected chi connectivity index (χ4v) is 5.40. The Balaban J connectivity index is 1.41. The molecule has 1 aliphatic rings. The van der Waals surface area contributed by atoms with Crippen molar-refractivity contribution in [1.29, 1.82) is 0 Å². The number of piperazine rings is 1. The first-order valence-electron chi connectivity index (χ1n) is 11.6. The maximum absolute atomic E-state index is 13.5. The van der Waals surface area contributed by atoms with Crippen molar-refractivity contribution in [2.24, 2.45) is 0 Å². The quantitative estimate of drug-likeness (QED) is 0.323. The summed E-state index contributed by atoms with van der Waals surface area (Å²) in [6.07, 6.45) is 3.16. The summed E-state index contributed by atoms with van der Waals surface area (Å²) in [6, 6.07) is 13.1. The summed E-state index contributed by atoms with van der Waals surface area (Å²) in [4.78, 5) is 29.3. The number of benzene rings is 2. The van der Waals surface area contributed by atoms with Crippen LogP contribution >= 0.6 is 34.5 Å². The highest BCUT2D eigenvalue weighted by atomic mass is 35.5. The molecule has 0 unspecified atom stereocenters. The number of anilines is 3. The third-order valence-electron chi connectivity index (χ3n) is 6.03. The summed E-state index contributed by atoms with van der Waals surface area (Å²) in [5.74, 6) is 0.343. The third-order valence-corrected chi connectivity index (χ3v) is 7.42. The molecule has 0 atom stereocenters. The van der Waals surface area contributed by atoms with E-state index in [-0.39, 0.29) is 5.39 Å². The molecule has 4 heterocycles. The van der Waals surface area contributed by atoms with Gasteiger partial charge in [-0.05, 0) is 36.4 Å². The Morgan fingerprint density at radius 1 is 1.00 bits per heavy atom. The molecule has 0 amide bonds. The van der Waals surface area contributed by atoms with Gasteiger partial charge in [-0.15, -0.1) is 11.3 Å². The number of aromatic nitrogens is 5. The van der Waals surface area contributed by atoms with E-state index in [0.29, 0.717) is 37.9 Å². The first-order valence-corrected chi connectivity index (χ1v) is 13.2. The Bertz CT molecular complexity index is 1610. The molecular formula is C25H20Cl2N8OS. The smallest absolute Gasteiger partial charge is 0.282 e. The molecule has 1 aliphatic heterocycles. The van der Waals surface area contributed by atoms with Crippen molar-refractivity contribution in [2.45, 2.75) is 0 Å². The van der Waals surface area contributed by atoms with Crippen molar-refractivity contribution in [3.8, 4) is 16.4 Å². The van der Waals surface area contributed by atoms with Gasteiger partial charge < -0.3 is 15.5 Å². The topological polar surface area (TPSA) is 101 Å². The van der Waals surface area contributed by atoms with Crippen LogP contribution in [-0.2, 0) is 0 Å². The molecule has 1 saturated heterocycles. The molecule has 9 nitrogen and oxygen atoms in total. The second kappa shape index (κ2) is 10.1. The molecule has 0 spiro atoms. The van der Waals surface area contributed by atoms with Crippen LogP contribution in [0.5, 0.6) is 0 Å². The SMILES string of the molecule is O=c1c2cnc(Nc3ccc(N4CCNCC4)cc3)nc2c(-c2nccs2)nn1-c1c(Cl)cccc1Cl. The standard InChI is InChI=1S/C25H20Cl2N8OS/c26-18-2-1-3-19(27)22(18)35-24(36)17-14-30-25(32-20(17)21(33-35)23-29-10-13-37-23)31-15-4-6-16(7-5-15)34-11-8-28-9-12-34/h1-7,10,13-14,28H,8-9,11-12H2,(H,30,31,32). The van der Waals surface area contributed by atoms with Gasteiger partial charge >= 0.3 is 0 Å². The summed E-state index contributed by atoms with van der Waals surface area (Å²) in [7, 11) is 0. The third kappa shape index (κ3) is 4.64. The van der Waals surface area contributed by atoms with Gasteiger partial charge in [0.15, 0.2) is 0 Å². The van der Waals surface area contributed by atoms with Crippen LogP contribution in [0.25, 0.3) is 27.3 Å². The van der Waals surface area contributed by atoms with Crippen molar-refractivity contribution < 1.29 is 0 Å². The summed E-state index contributed by atoms with van der Waals surface area (Å²) in [6.45, 7) is 3.91. The lowest BCUT2D eigenvalue weighted by Gasteiger charge is -2.29. The number of halogens is 2. The van der Waals surface area contributed by atoms with E-state index in [4.69, 9.17) is 23.2 Å². The van der Waals surface area contributed by atoms with Gasteiger partial charge in [0.25, 0.3) is 5.56 Å². The first-order chi connectivity index (χ1) is 18.1. The zero-order valence-corrected chi connectivity index (χ0v) is 21.7. The number of hydrogen-bond donors (Lipinski definition) is 2. The van der Waals surface area contributed by atoms with E-state index in [0.717, 1.165) is 31.9 Å². The summed E-state index contributed by atoms with van der Waals surface area (Å²) >= 11 is 14.2. The van der Waals surface area contributed by atoms with Gasteiger partial charge in [-0.1, -0.05) is 29.3 Å². The zero-order chi connectivity index (χ0) is 25.4. The zero-order valence-electron chi connectivity index (χ0n) is 19.4. The van der Waals surface area contributed by atoms with Crippen LogP contribution in [0.3, 0.4) is 0 Å². The molecule has 6 rings (SSSR count). The van der Waals surface area contributed by atoms with Crippen LogP contribution < -0.4 is 21.1 Å². The molecular weight excluding hydrogens is 531 g/mol. The molecule has 37 heavy (non-hydrogen) atoms. The molecule has 0 bridgehead atoms. The summed E-state index contributed by atoms with van der Waals surface area (Å²) in [5, 5.41) is 14.5. The summed E-state index contributed by atoms with van der Waals surface area (Å²) in [5.41, 5.74) is 2.67. The average molecular weight is 551 g/mol. The number of nitrogens with zero attached hydrogens (tertiary/aromatic N) is 6. The molecule has 2 aromatic carbocycles. The number of thiazole rings is 1. The van der Waals surface area contributed by atoms with Crippen LogP contribution in [0, 0.1) is 0 Å². The molecule has 2 N–H and O–H groups in total. The fourth-order valence-electron chi connectivity index (χ4n) is 4.22. The van der Waals surface area contributed by atoms with Crippen molar-refractivity contribution in [3.05, 3.63) is 80.6 Å². The predicted molar refractivity (Wildman–Crippen MR) is 149 cm³/mol. The molecule has 0 aliphatic carbocycles. The van der Waals surface area contributed by atoms with Crippen molar-refractivity contribution in [1.82, 2.24) is 30.0 Å². The molecule has 3 aromatic heterocycles. The number of nitrogens with one attached hydrogen (secondary N) is 2. The second-order valence-corrected chi connectivity index (χ2v) is 10.0. The van der Waals surface area contributed by atoms with Crippen LogP contribution in [0.2, 0.25) is 10.0 Å². The number of fused-ring (bicyclic) bond motifs is 1. The molecule has 0 saturated carbocycles. The largest absolute Gasteiger partial charge is 0.369 e. The van der Waals surface area contributed by atoms with Gasteiger partial charge in [0.1, 0.15) is 21.9 Å². The van der Waals surface area contributed by atoms with E-state index in [9.17, 15) is 4.79 Å². The Morgan fingerprint density at radius 3 is 2.46 bits per heavy atom. The van der Waals surface area contributed by atoms with E-state index < -0.39 is 5.56 Å². The number of rotatable bonds is 5. The molecule has 1 fully saturated rings. The average Bonchev–Trinajstić information content (AvgIpc) is 3.46. The van der Waals surface area contributed by atoms with Gasteiger partial charge in [-0.3, -0.25) is 4.79 Å². The van der Waals surface area contributed by atoms with Gasteiger partial charge in [-0.2, -0.15) is 9.78 Å². The van der Waals surface area contributed by atoms with Gasteiger partial charge in [0.2, 0.25) is 5.95 Å². The van der Waals surface area contributed by atoms with Crippen molar-refractivity contribution >= 4 is 62.8 Å². The minimum absolute atomic E-state index is 0.274. The molecule has 186 valence electrons. The maximum Gasteiger partial charge on any atom is 0.282 e. The van der Waals surface area contributed by atoms with Crippen LogP contribution in [0.4, 0.5) is 17.3 Å². The lowest BCUT2D eigenvalue weighted by Crippen LogP contribution is -2.43.